The van der Waals surface area contributed by atoms with Gasteiger partial charge >= 0.3 is 0 Å². The molecule has 0 aliphatic heterocycles. The third-order valence-electron chi connectivity index (χ3n) is 5.56. The number of benzene rings is 3. The Kier molecular flexibility index (Phi) is 7.82. The molecule has 3 aromatic carbocycles. The van der Waals surface area contributed by atoms with Crippen LogP contribution in [0.4, 0.5) is 5.69 Å². The molecule has 1 atom stereocenters. The summed E-state index contributed by atoms with van der Waals surface area (Å²) in [5.41, 5.74) is 4.21. The summed E-state index contributed by atoms with van der Waals surface area (Å²) in [6.45, 7) is 7.34. The number of hydrogen-bond acceptors (Lipinski definition) is 3. The van der Waals surface area contributed by atoms with E-state index in [1.165, 1.54) is 0 Å². The van der Waals surface area contributed by atoms with Gasteiger partial charge in [0.25, 0.3) is 10.0 Å². The van der Waals surface area contributed by atoms with Crippen molar-refractivity contribution in [2.75, 3.05) is 10.8 Å². The SMILES string of the molecule is CCC(NC(=O)CN(c1ccc(C)c(Cl)c1)S(=O)(=O)c1ccc(C)cc1)c1ccc(C)cc1. The largest absolute Gasteiger partial charge is 0.348 e. The van der Waals surface area contributed by atoms with Gasteiger partial charge in [0.05, 0.1) is 16.6 Å². The lowest BCUT2D eigenvalue weighted by Gasteiger charge is -2.26. The average molecular weight is 485 g/mol. The molecular weight excluding hydrogens is 456 g/mol. The molecule has 0 spiro atoms. The minimum absolute atomic E-state index is 0.114. The fourth-order valence-corrected chi connectivity index (χ4v) is 5.07. The number of aryl methyl sites for hydroxylation is 3. The fraction of sp³-hybridized carbons (Fsp3) is 0.269. The van der Waals surface area contributed by atoms with E-state index < -0.39 is 15.9 Å². The molecule has 33 heavy (non-hydrogen) atoms. The van der Waals surface area contributed by atoms with Crippen molar-refractivity contribution in [1.29, 1.82) is 0 Å². The Bertz CT molecular complexity index is 1220. The second kappa shape index (κ2) is 10.4. The first-order valence-corrected chi connectivity index (χ1v) is 12.6. The fourth-order valence-electron chi connectivity index (χ4n) is 3.48. The van der Waals surface area contributed by atoms with E-state index in [1.54, 1.807) is 42.5 Å². The zero-order valence-corrected chi connectivity index (χ0v) is 20.9. The summed E-state index contributed by atoms with van der Waals surface area (Å²) in [6.07, 6.45) is 0.676. The van der Waals surface area contributed by atoms with E-state index in [4.69, 9.17) is 11.6 Å². The van der Waals surface area contributed by atoms with Gasteiger partial charge in [-0.2, -0.15) is 0 Å². The molecule has 174 valence electrons. The van der Waals surface area contributed by atoms with Crippen molar-refractivity contribution in [3.63, 3.8) is 0 Å². The van der Waals surface area contributed by atoms with Crippen LogP contribution in [0.3, 0.4) is 0 Å². The van der Waals surface area contributed by atoms with E-state index in [9.17, 15) is 13.2 Å². The van der Waals surface area contributed by atoms with Crippen molar-refractivity contribution in [3.05, 3.63) is 94.0 Å². The molecular formula is C26H29ClN2O3S. The number of hydrogen-bond donors (Lipinski definition) is 1. The molecule has 0 radical (unpaired) electrons. The summed E-state index contributed by atoms with van der Waals surface area (Å²) in [5, 5.41) is 3.42. The number of nitrogens with one attached hydrogen (secondary N) is 1. The Balaban J connectivity index is 1.93. The highest BCUT2D eigenvalue weighted by atomic mass is 35.5. The molecule has 0 saturated carbocycles. The average Bonchev–Trinajstić information content (AvgIpc) is 2.78. The van der Waals surface area contributed by atoms with Gasteiger partial charge < -0.3 is 5.32 Å². The Hall–Kier alpha value is -2.83. The number of amides is 1. The zero-order chi connectivity index (χ0) is 24.2. The molecule has 0 bridgehead atoms. The first-order chi connectivity index (χ1) is 15.6. The van der Waals surface area contributed by atoms with Crippen LogP contribution in [-0.2, 0) is 14.8 Å². The van der Waals surface area contributed by atoms with E-state index in [0.29, 0.717) is 17.1 Å². The zero-order valence-electron chi connectivity index (χ0n) is 19.3. The van der Waals surface area contributed by atoms with E-state index >= 15 is 0 Å². The van der Waals surface area contributed by atoms with Crippen LogP contribution in [-0.4, -0.2) is 20.9 Å². The normalized spacial score (nSPS) is 12.3. The van der Waals surface area contributed by atoms with Crippen molar-refractivity contribution in [3.8, 4) is 0 Å². The number of sulfonamides is 1. The van der Waals surface area contributed by atoms with Crippen LogP contribution in [0.15, 0.2) is 71.6 Å². The van der Waals surface area contributed by atoms with Crippen molar-refractivity contribution in [2.24, 2.45) is 0 Å². The predicted molar refractivity (Wildman–Crippen MR) is 134 cm³/mol. The number of anilines is 1. The number of carbonyl (C=O) groups excluding carboxylic acids is 1. The lowest BCUT2D eigenvalue weighted by atomic mass is 10.0. The first-order valence-electron chi connectivity index (χ1n) is 10.8. The third kappa shape index (κ3) is 5.95. The molecule has 0 fully saturated rings. The number of halogens is 1. The van der Waals surface area contributed by atoms with Gasteiger partial charge in [-0.25, -0.2) is 8.42 Å². The molecule has 7 heteroatoms. The topological polar surface area (TPSA) is 66.5 Å². The summed E-state index contributed by atoms with van der Waals surface area (Å²) >= 11 is 6.29. The molecule has 3 aromatic rings. The third-order valence-corrected chi connectivity index (χ3v) is 7.76. The van der Waals surface area contributed by atoms with E-state index in [0.717, 1.165) is 26.6 Å². The highest BCUT2D eigenvalue weighted by Crippen LogP contribution is 2.28. The highest BCUT2D eigenvalue weighted by molar-refractivity contribution is 7.92. The molecule has 5 nitrogen and oxygen atoms in total. The second-order valence-corrected chi connectivity index (χ2v) is 10.5. The van der Waals surface area contributed by atoms with Crippen LogP contribution in [0.2, 0.25) is 5.02 Å². The van der Waals surface area contributed by atoms with E-state index in [2.05, 4.69) is 5.32 Å². The molecule has 3 rings (SSSR count). The van der Waals surface area contributed by atoms with Gasteiger partial charge in [-0.15, -0.1) is 0 Å². The van der Waals surface area contributed by atoms with Crippen LogP contribution in [0.1, 0.15) is 41.6 Å². The van der Waals surface area contributed by atoms with Gasteiger partial charge in [0.1, 0.15) is 6.54 Å². The summed E-state index contributed by atoms with van der Waals surface area (Å²) < 4.78 is 28.2. The minimum Gasteiger partial charge on any atom is -0.348 e. The summed E-state index contributed by atoms with van der Waals surface area (Å²) in [5.74, 6) is -0.394. The molecule has 1 N–H and O–H groups in total. The van der Waals surface area contributed by atoms with E-state index in [1.807, 2.05) is 52.0 Å². The molecule has 1 unspecified atom stereocenters. The Morgan fingerprint density at radius 1 is 0.939 bits per heavy atom. The van der Waals surface area contributed by atoms with Crippen LogP contribution in [0.25, 0.3) is 0 Å². The molecule has 0 heterocycles. The van der Waals surface area contributed by atoms with Gasteiger partial charge in [-0.3, -0.25) is 9.10 Å². The molecule has 0 aromatic heterocycles. The maximum atomic E-state index is 13.5. The van der Waals surface area contributed by atoms with Gasteiger partial charge in [-0.1, -0.05) is 72.1 Å². The number of nitrogens with zero attached hydrogens (tertiary/aromatic N) is 1. The van der Waals surface area contributed by atoms with Crippen molar-refractivity contribution < 1.29 is 13.2 Å². The summed E-state index contributed by atoms with van der Waals surface area (Å²) in [7, 11) is -3.99. The number of rotatable bonds is 8. The quantitative estimate of drug-likeness (QED) is 0.444. The van der Waals surface area contributed by atoms with Gasteiger partial charge in [-0.05, 0) is 62.6 Å². The van der Waals surface area contributed by atoms with Crippen LogP contribution >= 0.6 is 11.6 Å². The van der Waals surface area contributed by atoms with Crippen LogP contribution < -0.4 is 9.62 Å². The molecule has 1 amide bonds. The monoisotopic (exact) mass is 484 g/mol. The predicted octanol–water partition coefficient (Wildman–Crippen LogP) is 5.73. The second-order valence-electron chi connectivity index (χ2n) is 8.20. The molecule has 0 saturated heterocycles. The Morgan fingerprint density at radius 2 is 1.52 bits per heavy atom. The minimum atomic E-state index is -3.99. The highest BCUT2D eigenvalue weighted by Gasteiger charge is 2.28. The van der Waals surface area contributed by atoms with Gasteiger partial charge in [0.2, 0.25) is 5.91 Å². The lowest BCUT2D eigenvalue weighted by Crippen LogP contribution is -2.42. The number of carbonyl (C=O) groups is 1. The van der Waals surface area contributed by atoms with Gasteiger partial charge in [0.15, 0.2) is 0 Å². The van der Waals surface area contributed by atoms with Crippen LogP contribution in [0, 0.1) is 20.8 Å². The lowest BCUT2D eigenvalue weighted by molar-refractivity contribution is -0.120. The van der Waals surface area contributed by atoms with Crippen molar-refractivity contribution in [2.45, 2.75) is 45.1 Å². The van der Waals surface area contributed by atoms with Crippen molar-refractivity contribution >= 4 is 33.2 Å². The van der Waals surface area contributed by atoms with Crippen molar-refractivity contribution in [1.82, 2.24) is 5.32 Å². The standard InChI is InChI=1S/C26H29ClN2O3S/c1-5-25(21-11-6-18(2)7-12-21)28-26(30)17-29(22-13-10-20(4)24(27)16-22)33(31,32)23-14-8-19(3)9-15-23/h6-16,25H,5,17H2,1-4H3,(H,28,30). The maximum absolute atomic E-state index is 13.5. The maximum Gasteiger partial charge on any atom is 0.264 e. The van der Waals surface area contributed by atoms with E-state index in [-0.39, 0.29) is 17.5 Å². The van der Waals surface area contributed by atoms with Gasteiger partial charge in [0, 0.05) is 5.02 Å². The molecule has 0 aliphatic rings. The summed E-state index contributed by atoms with van der Waals surface area (Å²) in [4.78, 5) is 13.2. The Morgan fingerprint density at radius 3 is 2.06 bits per heavy atom. The molecule has 0 aliphatic carbocycles. The first kappa shape index (κ1) is 24.8. The smallest absolute Gasteiger partial charge is 0.264 e. The Labute approximate surface area is 201 Å². The summed E-state index contributed by atoms with van der Waals surface area (Å²) in [6, 6.07) is 19.3. The van der Waals surface area contributed by atoms with Crippen LogP contribution in [0.5, 0.6) is 0 Å².